The van der Waals surface area contributed by atoms with Gasteiger partial charge in [-0.3, -0.25) is 4.79 Å². The maximum absolute atomic E-state index is 12.6. The molecule has 27 heavy (non-hydrogen) atoms. The highest BCUT2D eigenvalue weighted by Gasteiger charge is 2.16. The summed E-state index contributed by atoms with van der Waals surface area (Å²) in [6, 6.07) is 19.5. The second kappa shape index (κ2) is 7.06. The number of ether oxygens (including phenoxy) is 1. The molecule has 0 bridgehead atoms. The smallest absolute Gasteiger partial charge is 0.258 e. The largest absolute Gasteiger partial charge is 0.486 e. The zero-order valence-corrected chi connectivity index (χ0v) is 15.7. The van der Waals surface area contributed by atoms with Crippen LogP contribution in [0, 0.1) is 0 Å². The van der Waals surface area contributed by atoms with E-state index in [0.29, 0.717) is 33.8 Å². The number of fused-ring (bicyclic) bond motifs is 2. The lowest BCUT2D eigenvalue weighted by molar-refractivity contribution is 0.304. The third-order valence-corrected chi connectivity index (χ3v) is 5.11. The summed E-state index contributed by atoms with van der Waals surface area (Å²) in [4.78, 5) is 12.6. The van der Waals surface area contributed by atoms with Crippen molar-refractivity contribution < 1.29 is 4.74 Å². The Hall–Kier alpha value is -2.82. The SMILES string of the molecule is Cn1c(CN)c(OCc2cccc3ccccc23)c2cc(Cl)ccc2c1=O. The molecular weight excluding hydrogens is 360 g/mol. The molecule has 0 aliphatic rings. The Kier molecular flexibility index (Phi) is 4.60. The Morgan fingerprint density at radius 3 is 2.59 bits per heavy atom. The van der Waals surface area contributed by atoms with Crippen LogP contribution in [0.5, 0.6) is 5.75 Å². The van der Waals surface area contributed by atoms with E-state index in [0.717, 1.165) is 16.3 Å². The molecule has 0 atom stereocenters. The van der Waals surface area contributed by atoms with E-state index in [1.807, 2.05) is 24.3 Å². The van der Waals surface area contributed by atoms with E-state index in [9.17, 15) is 4.79 Å². The molecular formula is C22H19ClN2O2. The van der Waals surface area contributed by atoms with Crippen molar-refractivity contribution in [1.82, 2.24) is 4.57 Å². The topological polar surface area (TPSA) is 57.2 Å². The van der Waals surface area contributed by atoms with Crippen LogP contribution in [-0.4, -0.2) is 4.57 Å². The lowest BCUT2D eigenvalue weighted by Crippen LogP contribution is -2.23. The van der Waals surface area contributed by atoms with Gasteiger partial charge in [-0.2, -0.15) is 0 Å². The van der Waals surface area contributed by atoms with Crippen molar-refractivity contribution in [3.05, 3.63) is 87.3 Å². The van der Waals surface area contributed by atoms with Crippen molar-refractivity contribution in [2.24, 2.45) is 12.8 Å². The van der Waals surface area contributed by atoms with Gasteiger partial charge in [0.05, 0.1) is 11.1 Å². The summed E-state index contributed by atoms with van der Waals surface area (Å²) in [5, 5.41) is 4.10. The molecule has 0 aliphatic heterocycles. The summed E-state index contributed by atoms with van der Waals surface area (Å²) in [5.74, 6) is 0.602. The first-order chi connectivity index (χ1) is 13.1. The van der Waals surface area contributed by atoms with E-state index in [4.69, 9.17) is 22.1 Å². The van der Waals surface area contributed by atoms with Crippen LogP contribution in [0.25, 0.3) is 21.5 Å². The number of hydrogen-bond donors (Lipinski definition) is 1. The van der Waals surface area contributed by atoms with Crippen molar-refractivity contribution in [2.45, 2.75) is 13.2 Å². The molecule has 0 aliphatic carbocycles. The van der Waals surface area contributed by atoms with Crippen LogP contribution in [0.4, 0.5) is 0 Å². The van der Waals surface area contributed by atoms with Crippen molar-refractivity contribution in [2.75, 3.05) is 0 Å². The summed E-state index contributed by atoms with van der Waals surface area (Å²) < 4.78 is 7.78. The number of nitrogens with zero attached hydrogens (tertiary/aromatic N) is 1. The van der Waals surface area contributed by atoms with Crippen LogP contribution in [0.1, 0.15) is 11.3 Å². The summed E-state index contributed by atoms with van der Waals surface area (Å²) >= 11 is 6.18. The summed E-state index contributed by atoms with van der Waals surface area (Å²) in [6.45, 7) is 0.563. The first-order valence-electron chi connectivity index (χ1n) is 8.71. The van der Waals surface area contributed by atoms with Gasteiger partial charge in [-0.05, 0) is 34.5 Å². The first kappa shape index (κ1) is 17.6. The Morgan fingerprint density at radius 1 is 1.00 bits per heavy atom. The standard InChI is InChI=1S/C22H19ClN2O2/c1-25-20(12-24)21(19-11-16(23)9-10-18(19)22(25)26)27-13-15-7-4-6-14-5-2-3-8-17(14)15/h2-11H,12-13,24H2,1H3. The minimum Gasteiger partial charge on any atom is -0.486 e. The molecule has 0 fully saturated rings. The summed E-state index contributed by atoms with van der Waals surface area (Å²) in [7, 11) is 1.71. The molecule has 0 unspecified atom stereocenters. The number of nitrogens with two attached hydrogens (primary N) is 1. The Morgan fingerprint density at radius 2 is 1.78 bits per heavy atom. The van der Waals surface area contributed by atoms with E-state index in [-0.39, 0.29) is 12.1 Å². The van der Waals surface area contributed by atoms with E-state index >= 15 is 0 Å². The molecule has 4 rings (SSSR count). The summed E-state index contributed by atoms with van der Waals surface area (Å²) in [6.07, 6.45) is 0. The van der Waals surface area contributed by atoms with Crippen LogP contribution in [0.15, 0.2) is 65.5 Å². The second-order valence-electron chi connectivity index (χ2n) is 6.46. The van der Waals surface area contributed by atoms with Crippen LogP contribution in [0.3, 0.4) is 0 Å². The van der Waals surface area contributed by atoms with Crippen LogP contribution in [-0.2, 0) is 20.2 Å². The average Bonchev–Trinajstić information content (AvgIpc) is 2.69. The monoisotopic (exact) mass is 378 g/mol. The molecule has 4 aromatic rings. The van der Waals surface area contributed by atoms with E-state index in [1.54, 1.807) is 29.8 Å². The second-order valence-corrected chi connectivity index (χ2v) is 6.90. The molecule has 3 aromatic carbocycles. The predicted octanol–water partition coefficient (Wildman–Crippen LogP) is 4.38. The predicted molar refractivity (Wildman–Crippen MR) is 110 cm³/mol. The van der Waals surface area contributed by atoms with Gasteiger partial charge in [0.1, 0.15) is 12.4 Å². The number of aromatic nitrogens is 1. The van der Waals surface area contributed by atoms with Gasteiger partial charge in [0, 0.05) is 24.0 Å². The van der Waals surface area contributed by atoms with E-state index < -0.39 is 0 Å². The van der Waals surface area contributed by atoms with Crippen LogP contribution in [0.2, 0.25) is 5.02 Å². The highest BCUT2D eigenvalue weighted by Crippen LogP contribution is 2.31. The van der Waals surface area contributed by atoms with Gasteiger partial charge in [0.2, 0.25) is 0 Å². The third-order valence-electron chi connectivity index (χ3n) is 4.87. The first-order valence-corrected chi connectivity index (χ1v) is 9.08. The normalized spacial score (nSPS) is 11.2. The van der Waals surface area contributed by atoms with Gasteiger partial charge in [-0.25, -0.2) is 0 Å². The molecule has 136 valence electrons. The number of benzene rings is 3. The van der Waals surface area contributed by atoms with E-state index in [2.05, 4.69) is 18.2 Å². The molecule has 0 amide bonds. The third kappa shape index (κ3) is 3.07. The Balaban J connectivity index is 1.85. The number of halogens is 1. The molecule has 0 saturated carbocycles. The van der Waals surface area contributed by atoms with Gasteiger partial charge in [-0.1, -0.05) is 54.1 Å². The lowest BCUT2D eigenvalue weighted by atomic mass is 10.1. The quantitative estimate of drug-likeness (QED) is 0.573. The molecule has 1 heterocycles. The van der Waals surface area contributed by atoms with Gasteiger partial charge >= 0.3 is 0 Å². The van der Waals surface area contributed by atoms with Crippen molar-refractivity contribution in [3.63, 3.8) is 0 Å². The van der Waals surface area contributed by atoms with Crippen molar-refractivity contribution in [1.29, 1.82) is 0 Å². The highest BCUT2D eigenvalue weighted by molar-refractivity contribution is 6.31. The molecule has 2 N–H and O–H groups in total. The van der Waals surface area contributed by atoms with E-state index in [1.165, 1.54) is 0 Å². The maximum Gasteiger partial charge on any atom is 0.258 e. The minimum atomic E-state index is -0.111. The van der Waals surface area contributed by atoms with Crippen molar-refractivity contribution in [3.8, 4) is 5.75 Å². The molecule has 4 nitrogen and oxygen atoms in total. The fourth-order valence-electron chi connectivity index (χ4n) is 3.46. The van der Waals surface area contributed by atoms with Gasteiger partial charge in [0.25, 0.3) is 5.56 Å². The van der Waals surface area contributed by atoms with Gasteiger partial charge in [0.15, 0.2) is 0 Å². The number of rotatable bonds is 4. The van der Waals surface area contributed by atoms with Gasteiger partial charge in [-0.15, -0.1) is 0 Å². The highest BCUT2D eigenvalue weighted by atomic mass is 35.5. The Labute approximate surface area is 161 Å². The van der Waals surface area contributed by atoms with Crippen LogP contribution >= 0.6 is 11.6 Å². The maximum atomic E-state index is 12.6. The average molecular weight is 379 g/mol. The fourth-order valence-corrected chi connectivity index (χ4v) is 3.63. The fraction of sp³-hybridized carbons (Fsp3) is 0.136. The number of hydrogen-bond acceptors (Lipinski definition) is 3. The van der Waals surface area contributed by atoms with Crippen LogP contribution < -0.4 is 16.0 Å². The van der Waals surface area contributed by atoms with Gasteiger partial charge < -0.3 is 15.0 Å². The van der Waals surface area contributed by atoms with Crippen molar-refractivity contribution >= 4 is 33.1 Å². The lowest BCUT2D eigenvalue weighted by Gasteiger charge is -2.17. The zero-order chi connectivity index (χ0) is 19.0. The summed E-state index contributed by atoms with van der Waals surface area (Å²) in [5.41, 5.74) is 7.54. The molecule has 0 saturated heterocycles. The molecule has 5 heteroatoms. The zero-order valence-electron chi connectivity index (χ0n) is 14.9. The molecule has 0 spiro atoms. The number of pyridine rings is 1. The Bertz CT molecular complexity index is 1210. The minimum absolute atomic E-state index is 0.111. The molecule has 1 aromatic heterocycles. The molecule has 0 radical (unpaired) electrons.